The van der Waals surface area contributed by atoms with Crippen molar-refractivity contribution in [1.29, 1.82) is 0 Å². The van der Waals surface area contributed by atoms with E-state index in [1.165, 1.54) is 16.3 Å². The minimum absolute atomic E-state index is 0.654. The lowest BCUT2D eigenvalue weighted by Crippen LogP contribution is -2.00. The summed E-state index contributed by atoms with van der Waals surface area (Å²) in [6.07, 6.45) is 0. The molecule has 0 saturated carbocycles. The summed E-state index contributed by atoms with van der Waals surface area (Å²) in [7, 11) is 0. The zero-order valence-corrected chi connectivity index (χ0v) is 20.4. The van der Waals surface area contributed by atoms with Crippen LogP contribution in [0.2, 0.25) is 0 Å². The van der Waals surface area contributed by atoms with Crippen LogP contribution in [0.5, 0.6) is 0 Å². The van der Waals surface area contributed by atoms with E-state index in [-0.39, 0.29) is 0 Å². The molecule has 0 radical (unpaired) electrons. The number of halogens is 1. The zero-order chi connectivity index (χ0) is 23.6. The Labute approximate surface area is 212 Å². The third kappa shape index (κ3) is 4.25. The molecule has 166 valence electrons. The van der Waals surface area contributed by atoms with Crippen LogP contribution in [0, 0.1) is 0 Å². The maximum absolute atomic E-state index is 4.88. The first-order valence-corrected chi connectivity index (χ1v) is 12.2. The highest BCUT2D eigenvalue weighted by Crippen LogP contribution is 2.35. The fraction of sp³-hybridized carbons (Fsp3) is 0. The Hall–Kier alpha value is -4.15. The predicted molar refractivity (Wildman–Crippen MR) is 147 cm³/mol. The Morgan fingerprint density at radius 2 is 0.886 bits per heavy atom. The van der Waals surface area contributed by atoms with Crippen molar-refractivity contribution in [2.24, 2.45) is 0 Å². The molecule has 0 bridgehead atoms. The molecule has 0 fully saturated rings. The van der Waals surface area contributed by atoms with E-state index in [0.29, 0.717) is 17.5 Å². The lowest BCUT2D eigenvalue weighted by atomic mass is 9.97. The van der Waals surface area contributed by atoms with Crippen molar-refractivity contribution >= 4 is 26.7 Å². The van der Waals surface area contributed by atoms with E-state index in [4.69, 9.17) is 15.0 Å². The lowest BCUT2D eigenvalue weighted by Gasteiger charge is -2.11. The van der Waals surface area contributed by atoms with Gasteiger partial charge in [-0.1, -0.05) is 125 Å². The van der Waals surface area contributed by atoms with Crippen molar-refractivity contribution in [3.05, 3.63) is 126 Å². The van der Waals surface area contributed by atoms with Crippen LogP contribution < -0.4 is 0 Å². The van der Waals surface area contributed by atoms with E-state index in [2.05, 4.69) is 76.6 Å². The third-order valence-electron chi connectivity index (χ3n) is 6.00. The average Bonchev–Trinajstić information content (AvgIpc) is 2.94. The fourth-order valence-corrected chi connectivity index (χ4v) is 4.76. The lowest BCUT2D eigenvalue weighted by molar-refractivity contribution is 1.07. The van der Waals surface area contributed by atoms with Gasteiger partial charge in [0, 0.05) is 21.2 Å². The Kier molecular flexibility index (Phi) is 5.65. The first kappa shape index (κ1) is 21.4. The predicted octanol–water partition coefficient (Wildman–Crippen LogP) is 8.46. The largest absolute Gasteiger partial charge is 0.208 e. The number of hydrogen-bond acceptors (Lipinski definition) is 3. The van der Waals surface area contributed by atoms with Crippen LogP contribution in [0.3, 0.4) is 0 Å². The number of nitrogens with zero attached hydrogens (tertiary/aromatic N) is 3. The Bertz CT molecular complexity index is 1590. The van der Waals surface area contributed by atoms with Crippen LogP contribution in [-0.4, -0.2) is 15.0 Å². The first-order chi connectivity index (χ1) is 17.3. The summed E-state index contributed by atoms with van der Waals surface area (Å²) < 4.78 is 1.09. The highest BCUT2D eigenvalue weighted by Gasteiger charge is 2.13. The topological polar surface area (TPSA) is 38.7 Å². The summed E-state index contributed by atoms with van der Waals surface area (Å²) in [5.41, 5.74) is 5.17. The van der Waals surface area contributed by atoms with Crippen LogP contribution in [0.15, 0.2) is 126 Å². The van der Waals surface area contributed by atoms with E-state index < -0.39 is 0 Å². The summed E-state index contributed by atoms with van der Waals surface area (Å²) in [6.45, 7) is 0. The molecular formula is C31H20BrN3. The molecule has 3 nitrogen and oxygen atoms in total. The molecule has 0 aliphatic heterocycles. The zero-order valence-electron chi connectivity index (χ0n) is 18.8. The second-order valence-electron chi connectivity index (χ2n) is 8.26. The highest BCUT2D eigenvalue weighted by atomic mass is 79.9. The van der Waals surface area contributed by atoms with Crippen LogP contribution in [0.25, 0.3) is 56.1 Å². The molecule has 0 aliphatic rings. The maximum Gasteiger partial charge on any atom is 0.164 e. The van der Waals surface area contributed by atoms with E-state index in [9.17, 15) is 0 Å². The quantitative estimate of drug-likeness (QED) is 0.237. The molecule has 6 aromatic rings. The van der Waals surface area contributed by atoms with Crippen LogP contribution in [-0.2, 0) is 0 Å². The molecule has 1 heterocycles. The van der Waals surface area contributed by atoms with Crippen molar-refractivity contribution in [2.45, 2.75) is 0 Å². The van der Waals surface area contributed by atoms with E-state index in [1.807, 2.05) is 60.7 Å². The average molecular weight is 514 g/mol. The van der Waals surface area contributed by atoms with E-state index in [0.717, 1.165) is 26.7 Å². The summed E-state index contributed by atoms with van der Waals surface area (Å²) in [5, 5.41) is 2.39. The first-order valence-electron chi connectivity index (χ1n) is 11.4. The molecule has 35 heavy (non-hydrogen) atoms. The smallest absolute Gasteiger partial charge is 0.164 e. The molecule has 0 spiro atoms. The number of aromatic nitrogens is 3. The minimum atomic E-state index is 0.654. The van der Waals surface area contributed by atoms with E-state index in [1.54, 1.807) is 0 Å². The molecule has 0 atom stereocenters. The van der Waals surface area contributed by atoms with Crippen LogP contribution in [0.1, 0.15) is 0 Å². The van der Waals surface area contributed by atoms with Gasteiger partial charge in [0.25, 0.3) is 0 Å². The van der Waals surface area contributed by atoms with Gasteiger partial charge < -0.3 is 0 Å². The van der Waals surface area contributed by atoms with Gasteiger partial charge in [0.2, 0.25) is 0 Å². The second kappa shape index (κ2) is 9.24. The Morgan fingerprint density at radius 3 is 1.51 bits per heavy atom. The number of benzene rings is 5. The van der Waals surface area contributed by atoms with Crippen molar-refractivity contribution in [3.63, 3.8) is 0 Å². The van der Waals surface area contributed by atoms with Crippen LogP contribution >= 0.6 is 15.9 Å². The van der Waals surface area contributed by atoms with Crippen molar-refractivity contribution < 1.29 is 0 Å². The molecule has 4 heteroatoms. The molecule has 0 aliphatic carbocycles. The van der Waals surface area contributed by atoms with Gasteiger partial charge in [0.05, 0.1) is 0 Å². The number of fused-ring (bicyclic) bond motifs is 1. The van der Waals surface area contributed by atoms with Crippen LogP contribution in [0.4, 0.5) is 0 Å². The van der Waals surface area contributed by atoms with Gasteiger partial charge in [0.15, 0.2) is 17.5 Å². The molecule has 0 saturated heterocycles. The standard InChI is InChI=1S/C31H20BrN3/c32-28-19-18-25(26-16-7-8-17-27(26)28)23-14-9-15-24(20-23)31-34-29(21-10-3-1-4-11-21)33-30(35-31)22-12-5-2-6-13-22/h1-20H. The summed E-state index contributed by atoms with van der Waals surface area (Å²) in [6, 6.07) is 41.2. The summed E-state index contributed by atoms with van der Waals surface area (Å²) in [5.74, 6) is 1.98. The normalized spacial score (nSPS) is 11.0. The van der Waals surface area contributed by atoms with Gasteiger partial charge in [-0.3, -0.25) is 0 Å². The van der Waals surface area contributed by atoms with Gasteiger partial charge in [-0.05, 0) is 34.0 Å². The maximum atomic E-state index is 4.88. The second-order valence-corrected chi connectivity index (χ2v) is 9.11. The minimum Gasteiger partial charge on any atom is -0.208 e. The van der Waals surface area contributed by atoms with Gasteiger partial charge >= 0.3 is 0 Å². The van der Waals surface area contributed by atoms with Crippen molar-refractivity contribution in [2.75, 3.05) is 0 Å². The van der Waals surface area contributed by atoms with Gasteiger partial charge in [-0.15, -0.1) is 0 Å². The third-order valence-corrected chi connectivity index (χ3v) is 6.69. The molecular weight excluding hydrogens is 494 g/mol. The summed E-state index contributed by atoms with van der Waals surface area (Å²) >= 11 is 3.69. The molecule has 0 unspecified atom stereocenters. The highest BCUT2D eigenvalue weighted by molar-refractivity contribution is 9.10. The van der Waals surface area contributed by atoms with E-state index >= 15 is 0 Å². The molecule has 0 amide bonds. The molecule has 0 N–H and O–H groups in total. The van der Waals surface area contributed by atoms with Crippen molar-refractivity contribution in [1.82, 2.24) is 15.0 Å². The van der Waals surface area contributed by atoms with Gasteiger partial charge in [-0.2, -0.15) is 0 Å². The molecule has 5 aromatic carbocycles. The summed E-state index contributed by atoms with van der Waals surface area (Å²) in [4.78, 5) is 14.6. The van der Waals surface area contributed by atoms with Crippen molar-refractivity contribution in [3.8, 4) is 45.3 Å². The fourth-order valence-electron chi connectivity index (χ4n) is 4.28. The number of hydrogen-bond donors (Lipinski definition) is 0. The monoisotopic (exact) mass is 513 g/mol. The van der Waals surface area contributed by atoms with Gasteiger partial charge in [0.1, 0.15) is 0 Å². The number of rotatable bonds is 4. The molecule has 6 rings (SSSR count). The van der Waals surface area contributed by atoms with Gasteiger partial charge in [-0.25, -0.2) is 15.0 Å². The SMILES string of the molecule is Brc1ccc(-c2cccc(-c3nc(-c4ccccc4)nc(-c4ccccc4)n3)c2)c2ccccc12. The Balaban J connectivity index is 1.52. The molecule has 1 aromatic heterocycles. The Morgan fingerprint density at radius 1 is 0.400 bits per heavy atom.